The molecule has 2 aromatic rings. The fourth-order valence-electron chi connectivity index (χ4n) is 2.06. The van der Waals surface area contributed by atoms with Crippen LogP contribution in [0.25, 0.3) is 0 Å². The van der Waals surface area contributed by atoms with Crippen molar-refractivity contribution in [2.24, 2.45) is 0 Å². The number of halogens is 4. The molecule has 0 saturated heterocycles. The molecular formula is C17H13ClF3N3O. The number of nitrogens with one attached hydrogen (secondary N) is 2. The van der Waals surface area contributed by atoms with Crippen molar-refractivity contribution in [1.82, 2.24) is 0 Å². The summed E-state index contributed by atoms with van der Waals surface area (Å²) in [4.78, 5) is 11.9. The number of carbonyl (C=O) groups excluding carboxylic acids is 1. The molecule has 4 nitrogen and oxygen atoms in total. The second kappa shape index (κ2) is 7.90. The summed E-state index contributed by atoms with van der Waals surface area (Å²) in [6.07, 6.45) is -4.55. The van der Waals surface area contributed by atoms with Crippen LogP contribution < -0.4 is 10.6 Å². The van der Waals surface area contributed by atoms with Crippen LogP contribution in [-0.2, 0) is 11.0 Å². The van der Waals surface area contributed by atoms with Crippen LogP contribution >= 0.6 is 11.6 Å². The minimum atomic E-state index is -4.59. The second-order valence-electron chi connectivity index (χ2n) is 5.11. The standard InChI is InChI=1S/C17H13ClF3N3O/c18-15-5-4-13(9-14(15)17(19,20)21)24-16(25)6-7-23-12-3-1-2-11(8-12)10-22/h1-5,8-9,23H,6-7H2,(H,24,25). The van der Waals surface area contributed by atoms with Gasteiger partial charge in [0.15, 0.2) is 0 Å². The fraction of sp³-hybridized carbons (Fsp3) is 0.176. The van der Waals surface area contributed by atoms with E-state index in [0.717, 1.165) is 12.1 Å². The van der Waals surface area contributed by atoms with Crippen molar-refractivity contribution in [1.29, 1.82) is 5.26 Å². The minimum absolute atomic E-state index is 0.0215. The van der Waals surface area contributed by atoms with Gasteiger partial charge in [-0.3, -0.25) is 4.79 Å². The Labute approximate surface area is 147 Å². The molecule has 25 heavy (non-hydrogen) atoms. The molecule has 0 aliphatic heterocycles. The molecule has 0 fully saturated rings. The quantitative estimate of drug-likeness (QED) is 0.807. The van der Waals surface area contributed by atoms with Crippen molar-refractivity contribution in [3.05, 3.63) is 58.6 Å². The molecule has 0 aromatic heterocycles. The molecule has 0 spiro atoms. The Balaban J connectivity index is 1.91. The maximum absolute atomic E-state index is 12.8. The molecule has 2 aromatic carbocycles. The first-order chi connectivity index (χ1) is 11.8. The molecule has 0 saturated carbocycles. The smallest absolute Gasteiger partial charge is 0.384 e. The van der Waals surface area contributed by atoms with Crippen molar-refractivity contribution >= 4 is 28.9 Å². The summed E-state index contributed by atoms with van der Waals surface area (Å²) in [5.74, 6) is -0.445. The zero-order chi connectivity index (χ0) is 18.4. The van der Waals surface area contributed by atoms with E-state index >= 15 is 0 Å². The predicted molar refractivity (Wildman–Crippen MR) is 89.3 cm³/mol. The highest BCUT2D eigenvalue weighted by Crippen LogP contribution is 2.36. The normalized spacial score (nSPS) is 10.8. The van der Waals surface area contributed by atoms with Gasteiger partial charge >= 0.3 is 6.18 Å². The Kier molecular flexibility index (Phi) is 5.88. The Hall–Kier alpha value is -2.72. The van der Waals surface area contributed by atoms with Crippen molar-refractivity contribution < 1.29 is 18.0 Å². The molecule has 0 aliphatic carbocycles. The van der Waals surface area contributed by atoms with Gasteiger partial charge in [0.1, 0.15) is 0 Å². The predicted octanol–water partition coefficient (Wildman–Crippen LogP) is 4.67. The van der Waals surface area contributed by atoms with E-state index in [2.05, 4.69) is 10.6 Å². The first-order valence-corrected chi connectivity index (χ1v) is 7.58. The van der Waals surface area contributed by atoms with Crippen LogP contribution in [0.4, 0.5) is 24.5 Å². The van der Waals surface area contributed by atoms with Crippen LogP contribution in [0.15, 0.2) is 42.5 Å². The SMILES string of the molecule is N#Cc1cccc(NCCC(=O)Nc2ccc(Cl)c(C(F)(F)F)c2)c1. The fourth-order valence-corrected chi connectivity index (χ4v) is 2.29. The Bertz CT molecular complexity index is 816. The first-order valence-electron chi connectivity index (χ1n) is 7.20. The summed E-state index contributed by atoms with van der Waals surface area (Å²) in [5.41, 5.74) is 0.180. The summed E-state index contributed by atoms with van der Waals surface area (Å²) in [7, 11) is 0. The summed E-state index contributed by atoms with van der Waals surface area (Å²) in [5, 5.41) is 13.7. The third-order valence-corrected chi connectivity index (χ3v) is 3.56. The molecule has 0 bridgehead atoms. The summed E-state index contributed by atoms with van der Waals surface area (Å²) >= 11 is 5.53. The zero-order valence-electron chi connectivity index (χ0n) is 12.8. The van der Waals surface area contributed by atoms with E-state index in [1.54, 1.807) is 24.3 Å². The van der Waals surface area contributed by atoms with E-state index in [-0.39, 0.29) is 18.7 Å². The van der Waals surface area contributed by atoms with Crippen LogP contribution in [0.1, 0.15) is 17.5 Å². The largest absolute Gasteiger partial charge is 0.417 e. The maximum Gasteiger partial charge on any atom is 0.417 e. The summed E-state index contributed by atoms with van der Waals surface area (Å²) in [6.45, 7) is 0.264. The van der Waals surface area contributed by atoms with Gasteiger partial charge in [-0.15, -0.1) is 0 Å². The van der Waals surface area contributed by atoms with E-state index in [9.17, 15) is 18.0 Å². The highest BCUT2D eigenvalue weighted by Gasteiger charge is 2.33. The third kappa shape index (κ3) is 5.40. The Morgan fingerprint density at radius 1 is 1.16 bits per heavy atom. The molecule has 0 heterocycles. The lowest BCUT2D eigenvalue weighted by molar-refractivity contribution is -0.137. The molecule has 1 amide bonds. The van der Waals surface area contributed by atoms with E-state index in [0.29, 0.717) is 11.3 Å². The van der Waals surface area contributed by atoms with Crippen molar-refractivity contribution in [2.75, 3.05) is 17.2 Å². The molecular weight excluding hydrogens is 355 g/mol. The maximum atomic E-state index is 12.8. The number of amides is 1. The molecule has 130 valence electrons. The molecule has 0 atom stereocenters. The number of hydrogen-bond acceptors (Lipinski definition) is 3. The summed E-state index contributed by atoms with van der Waals surface area (Å²) in [6, 6.07) is 11.9. The molecule has 8 heteroatoms. The molecule has 0 radical (unpaired) electrons. The minimum Gasteiger partial charge on any atom is -0.384 e. The number of rotatable bonds is 5. The van der Waals surface area contributed by atoms with Gasteiger partial charge in [-0.05, 0) is 36.4 Å². The monoisotopic (exact) mass is 367 g/mol. The van der Waals surface area contributed by atoms with Gasteiger partial charge in [0.25, 0.3) is 0 Å². The van der Waals surface area contributed by atoms with Gasteiger partial charge in [-0.25, -0.2) is 0 Å². The van der Waals surface area contributed by atoms with Crippen LogP contribution in [0.2, 0.25) is 5.02 Å². The van der Waals surface area contributed by atoms with Crippen LogP contribution in [-0.4, -0.2) is 12.5 Å². The van der Waals surface area contributed by atoms with Gasteiger partial charge in [0.05, 0.1) is 22.2 Å². The highest BCUT2D eigenvalue weighted by molar-refractivity contribution is 6.31. The first kappa shape index (κ1) is 18.6. The van der Waals surface area contributed by atoms with Crippen molar-refractivity contribution in [3.63, 3.8) is 0 Å². The molecule has 2 N–H and O–H groups in total. The number of hydrogen-bond donors (Lipinski definition) is 2. The van der Waals surface area contributed by atoms with E-state index in [1.807, 2.05) is 6.07 Å². The molecule has 0 unspecified atom stereocenters. The topological polar surface area (TPSA) is 64.9 Å². The number of carbonyl (C=O) groups is 1. The summed E-state index contributed by atoms with van der Waals surface area (Å²) < 4.78 is 38.4. The average Bonchev–Trinajstić information content (AvgIpc) is 2.56. The molecule has 0 aliphatic rings. The second-order valence-corrected chi connectivity index (χ2v) is 5.52. The Morgan fingerprint density at radius 2 is 1.92 bits per heavy atom. The van der Waals surface area contributed by atoms with Gasteiger partial charge in [0.2, 0.25) is 5.91 Å². The van der Waals surface area contributed by atoms with Gasteiger partial charge in [-0.2, -0.15) is 18.4 Å². The van der Waals surface area contributed by atoms with Gasteiger partial charge in [0, 0.05) is 24.3 Å². The van der Waals surface area contributed by atoms with Crippen LogP contribution in [0, 0.1) is 11.3 Å². The number of alkyl halides is 3. The van der Waals surface area contributed by atoms with E-state index < -0.39 is 22.7 Å². The van der Waals surface area contributed by atoms with Crippen molar-refractivity contribution in [2.45, 2.75) is 12.6 Å². The average molecular weight is 368 g/mol. The number of anilines is 2. The number of benzene rings is 2. The lowest BCUT2D eigenvalue weighted by atomic mass is 10.2. The van der Waals surface area contributed by atoms with Crippen molar-refractivity contribution in [3.8, 4) is 6.07 Å². The lowest BCUT2D eigenvalue weighted by Gasteiger charge is -2.12. The number of nitriles is 1. The van der Waals surface area contributed by atoms with Crippen LogP contribution in [0.5, 0.6) is 0 Å². The van der Waals surface area contributed by atoms with Gasteiger partial charge < -0.3 is 10.6 Å². The number of nitrogens with zero attached hydrogens (tertiary/aromatic N) is 1. The lowest BCUT2D eigenvalue weighted by Crippen LogP contribution is -2.17. The van der Waals surface area contributed by atoms with E-state index in [4.69, 9.17) is 16.9 Å². The zero-order valence-corrected chi connectivity index (χ0v) is 13.6. The molecule has 2 rings (SSSR count). The Morgan fingerprint density at radius 3 is 2.60 bits per heavy atom. The van der Waals surface area contributed by atoms with Crippen LogP contribution in [0.3, 0.4) is 0 Å². The highest BCUT2D eigenvalue weighted by atomic mass is 35.5. The third-order valence-electron chi connectivity index (χ3n) is 3.23. The van der Waals surface area contributed by atoms with E-state index in [1.165, 1.54) is 6.07 Å². The van der Waals surface area contributed by atoms with Gasteiger partial charge in [-0.1, -0.05) is 17.7 Å².